The zero-order valence-electron chi connectivity index (χ0n) is 12.3. The molecular formula is C20H16OTe. The average molecular weight is 400 g/mol. The van der Waals surface area contributed by atoms with E-state index in [2.05, 4.69) is 55.5 Å². The first kappa shape index (κ1) is 14.0. The van der Waals surface area contributed by atoms with Gasteiger partial charge in [-0.1, -0.05) is 0 Å². The number of hydrogen-bond acceptors (Lipinski definition) is 1. The Morgan fingerprint density at radius 1 is 0.773 bits per heavy atom. The van der Waals surface area contributed by atoms with Crippen molar-refractivity contribution in [2.45, 2.75) is 12.5 Å². The van der Waals surface area contributed by atoms with Gasteiger partial charge < -0.3 is 0 Å². The van der Waals surface area contributed by atoms with Crippen LogP contribution in [0.15, 0.2) is 72.8 Å². The molecular weight excluding hydrogens is 384 g/mol. The molecule has 0 aromatic heterocycles. The molecule has 1 aliphatic heterocycles. The maximum atomic E-state index is 11.8. The first-order valence-corrected chi connectivity index (χ1v) is 9.69. The van der Waals surface area contributed by atoms with Crippen molar-refractivity contribution in [2.75, 3.05) is 0 Å². The molecule has 1 N–H and O–H groups in total. The summed E-state index contributed by atoms with van der Waals surface area (Å²) in [5.41, 5.74) is 3.20. The fourth-order valence-corrected chi connectivity index (χ4v) is 6.53. The van der Waals surface area contributed by atoms with Gasteiger partial charge in [0.1, 0.15) is 0 Å². The predicted octanol–water partition coefficient (Wildman–Crippen LogP) is 2.25. The number of benzene rings is 3. The van der Waals surface area contributed by atoms with Gasteiger partial charge in [-0.15, -0.1) is 0 Å². The molecule has 0 radical (unpaired) electrons. The van der Waals surface area contributed by atoms with Crippen LogP contribution < -0.4 is 7.22 Å². The van der Waals surface area contributed by atoms with Crippen LogP contribution in [0.5, 0.6) is 0 Å². The van der Waals surface area contributed by atoms with Crippen LogP contribution in [-0.2, 0) is 5.60 Å². The van der Waals surface area contributed by atoms with Gasteiger partial charge in [-0.2, -0.15) is 0 Å². The summed E-state index contributed by atoms with van der Waals surface area (Å²) < 4.78 is 2.66. The topological polar surface area (TPSA) is 20.2 Å². The van der Waals surface area contributed by atoms with Gasteiger partial charge in [-0.25, -0.2) is 0 Å². The molecule has 0 atom stereocenters. The Labute approximate surface area is 140 Å². The van der Waals surface area contributed by atoms with E-state index in [1.807, 2.05) is 24.3 Å². The van der Waals surface area contributed by atoms with E-state index >= 15 is 0 Å². The molecule has 0 aliphatic carbocycles. The Morgan fingerprint density at radius 2 is 1.36 bits per heavy atom. The third kappa shape index (κ3) is 2.03. The molecule has 3 aromatic carbocycles. The fourth-order valence-electron chi connectivity index (χ4n) is 3.15. The second kappa shape index (κ2) is 5.25. The van der Waals surface area contributed by atoms with Crippen molar-refractivity contribution >= 4 is 28.1 Å². The molecule has 2 heteroatoms. The van der Waals surface area contributed by atoms with Crippen LogP contribution in [0.1, 0.15) is 22.3 Å². The van der Waals surface area contributed by atoms with Crippen LogP contribution >= 0.6 is 0 Å². The third-order valence-electron chi connectivity index (χ3n) is 4.21. The molecule has 0 saturated heterocycles. The van der Waals surface area contributed by atoms with E-state index in [0.29, 0.717) is 0 Å². The SMILES string of the molecule is Cc1cccc(C2(O)c3ccccc3[Te]c3ccccc32)c1. The van der Waals surface area contributed by atoms with Gasteiger partial charge >= 0.3 is 141 Å². The van der Waals surface area contributed by atoms with Crippen molar-refractivity contribution in [3.05, 3.63) is 95.1 Å². The van der Waals surface area contributed by atoms with Crippen molar-refractivity contribution < 1.29 is 5.11 Å². The van der Waals surface area contributed by atoms with Crippen LogP contribution in [-0.4, -0.2) is 26.0 Å². The van der Waals surface area contributed by atoms with Crippen molar-refractivity contribution in [3.63, 3.8) is 0 Å². The van der Waals surface area contributed by atoms with Crippen LogP contribution in [0, 0.1) is 6.92 Å². The summed E-state index contributed by atoms with van der Waals surface area (Å²) in [4.78, 5) is 0. The van der Waals surface area contributed by atoms with Gasteiger partial charge in [0.2, 0.25) is 0 Å². The summed E-state index contributed by atoms with van der Waals surface area (Å²) in [7, 11) is 0. The molecule has 0 saturated carbocycles. The van der Waals surface area contributed by atoms with Gasteiger partial charge in [0.15, 0.2) is 0 Å². The summed E-state index contributed by atoms with van der Waals surface area (Å²) in [5, 5.41) is 11.8. The molecule has 4 rings (SSSR count). The maximum absolute atomic E-state index is 11.8. The first-order chi connectivity index (χ1) is 10.7. The number of fused-ring (bicyclic) bond motifs is 2. The molecule has 0 amide bonds. The van der Waals surface area contributed by atoms with Crippen LogP contribution in [0.4, 0.5) is 0 Å². The monoisotopic (exact) mass is 402 g/mol. The Kier molecular flexibility index (Phi) is 3.35. The second-order valence-corrected chi connectivity index (χ2v) is 8.77. The first-order valence-electron chi connectivity index (χ1n) is 7.36. The van der Waals surface area contributed by atoms with E-state index in [4.69, 9.17) is 0 Å². The number of rotatable bonds is 1. The number of aryl methyl sites for hydroxylation is 1. The zero-order chi connectivity index (χ0) is 15.2. The Morgan fingerprint density at radius 3 is 1.95 bits per heavy atom. The minimum atomic E-state index is -1.04. The molecule has 0 spiro atoms. The van der Waals surface area contributed by atoms with E-state index in [1.54, 1.807) is 0 Å². The number of hydrogen-bond donors (Lipinski definition) is 1. The van der Waals surface area contributed by atoms with E-state index in [1.165, 1.54) is 12.8 Å². The summed E-state index contributed by atoms with van der Waals surface area (Å²) in [5.74, 6) is 0. The van der Waals surface area contributed by atoms with Gasteiger partial charge in [-0.3, -0.25) is 0 Å². The van der Waals surface area contributed by atoms with Crippen molar-refractivity contribution in [2.24, 2.45) is 0 Å². The fraction of sp³-hybridized carbons (Fsp3) is 0.100. The summed E-state index contributed by atoms with van der Waals surface area (Å²) >= 11 is -0.448. The van der Waals surface area contributed by atoms with Crippen LogP contribution in [0.25, 0.3) is 0 Å². The van der Waals surface area contributed by atoms with E-state index in [-0.39, 0.29) is 0 Å². The average Bonchev–Trinajstić information content (AvgIpc) is 2.55. The molecule has 1 heterocycles. The molecule has 0 fully saturated rings. The minimum absolute atomic E-state index is 0.448. The van der Waals surface area contributed by atoms with E-state index in [0.717, 1.165) is 16.7 Å². The summed E-state index contributed by atoms with van der Waals surface area (Å²) in [6, 6.07) is 25.0. The standard InChI is InChI=1S/C20H16OTe/c1-14-7-6-8-15(13-14)20(21)16-9-2-4-11-18(16)22-19-12-5-3-10-17(19)20/h2-13,21H,1H3. The Balaban J connectivity index is 2.06. The molecule has 108 valence electrons. The third-order valence-corrected chi connectivity index (χ3v) is 7.50. The van der Waals surface area contributed by atoms with E-state index < -0.39 is 26.5 Å². The van der Waals surface area contributed by atoms with Crippen molar-refractivity contribution in [3.8, 4) is 0 Å². The molecule has 0 bridgehead atoms. The molecule has 22 heavy (non-hydrogen) atoms. The summed E-state index contributed by atoms with van der Waals surface area (Å²) in [6.07, 6.45) is 0. The molecule has 1 nitrogen and oxygen atoms in total. The number of aliphatic hydroxyl groups is 1. The van der Waals surface area contributed by atoms with Crippen molar-refractivity contribution in [1.82, 2.24) is 0 Å². The molecule has 3 aromatic rings. The van der Waals surface area contributed by atoms with Gasteiger partial charge in [-0.05, 0) is 0 Å². The van der Waals surface area contributed by atoms with Crippen molar-refractivity contribution in [1.29, 1.82) is 0 Å². The Bertz CT molecular complexity index is 808. The second-order valence-electron chi connectivity index (χ2n) is 5.67. The van der Waals surface area contributed by atoms with Gasteiger partial charge in [0.25, 0.3) is 0 Å². The predicted molar refractivity (Wildman–Crippen MR) is 91.2 cm³/mol. The zero-order valence-corrected chi connectivity index (χ0v) is 14.6. The summed E-state index contributed by atoms with van der Waals surface area (Å²) in [6.45, 7) is 2.07. The van der Waals surface area contributed by atoms with Crippen LogP contribution in [0.3, 0.4) is 0 Å². The van der Waals surface area contributed by atoms with Gasteiger partial charge in [0, 0.05) is 0 Å². The van der Waals surface area contributed by atoms with Gasteiger partial charge in [0.05, 0.1) is 0 Å². The normalized spacial score (nSPS) is 15.0. The van der Waals surface area contributed by atoms with Crippen LogP contribution in [0.2, 0.25) is 0 Å². The quantitative estimate of drug-likeness (QED) is 0.622. The molecule has 0 unspecified atom stereocenters. The molecule has 1 aliphatic rings. The Hall–Kier alpha value is -1.59. The van der Waals surface area contributed by atoms with E-state index in [9.17, 15) is 5.11 Å².